The second-order valence-electron chi connectivity index (χ2n) is 6.97. The van der Waals surface area contributed by atoms with Crippen LogP contribution in [-0.2, 0) is 10.0 Å². The van der Waals surface area contributed by atoms with Crippen LogP contribution in [0.1, 0.15) is 58.3 Å². The van der Waals surface area contributed by atoms with Crippen LogP contribution in [0.5, 0.6) is 0 Å². The Balaban J connectivity index is 2.45. The number of hydrogen-bond acceptors (Lipinski definition) is 4. The first kappa shape index (κ1) is 23.9. The number of aliphatic hydroxyl groups excluding tert-OH is 1. The van der Waals surface area contributed by atoms with E-state index < -0.39 is 16.3 Å². The fourth-order valence-electron chi connectivity index (χ4n) is 3.13. The van der Waals surface area contributed by atoms with Gasteiger partial charge < -0.3 is 10.4 Å². The molecular formula is C20H35FN2O3S. The van der Waals surface area contributed by atoms with Crippen LogP contribution in [0.3, 0.4) is 0 Å². The Morgan fingerprint density at radius 1 is 1.07 bits per heavy atom. The zero-order chi connectivity index (χ0) is 20.1. The van der Waals surface area contributed by atoms with Crippen LogP contribution in [0.15, 0.2) is 30.3 Å². The highest BCUT2D eigenvalue weighted by atomic mass is 32.2. The molecule has 0 spiro atoms. The number of aliphatic hydroxyl groups is 1. The minimum Gasteiger partial charge on any atom is -0.373 e. The molecule has 0 aliphatic heterocycles. The Kier molecular flexibility index (Phi) is 11.6. The van der Waals surface area contributed by atoms with Crippen LogP contribution in [0.4, 0.5) is 10.1 Å². The van der Waals surface area contributed by atoms with Gasteiger partial charge in [-0.1, -0.05) is 44.4 Å². The van der Waals surface area contributed by atoms with Crippen molar-refractivity contribution in [1.82, 2.24) is 5.32 Å². The maximum Gasteiger partial charge on any atom is 0.234 e. The molecule has 0 aliphatic rings. The molecular weight excluding hydrogens is 367 g/mol. The van der Waals surface area contributed by atoms with Gasteiger partial charge in [0.25, 0.3) is 0 Å². The SMILES string of the molecule is CCC(CCC(O)N(c1ccccc1)S(C)(=O)=O)NCCCCCCCF. The molecule has 1 aromatic rings. The van der Waals surface area contributed by atoms with Gasteiger partial charge in [-0.05, 0) is 50.8 Å². The van der Waals surface area contributed by atoms with Crippen LogP contribution in [0.25, 0.3) is 0 Å². The van der Waals surface area contributed by atoms with Gasteiger partial charge in [0.1, 0.15) is 6.23 Å². The summed E-state index contributed by atoms with van der Waals surface area (Å²) in [6, 6.07) is 8.92. The Morgan fingerprint density at radius 2 is 1.70 bits per heavy atom. The first-order chi connectivity index (χ1) is 12.9. The van der Waals surface area contributed by atoms with Gasteiger partial charge in [-0.15, -0.1) is 0 Å². The third-order valence-electron chi connectivity index (χ3n) is 4.65. The van der Waals surface area contributed by atoms with Gasteiger partial charge in [0.05, 0.1) is 18.6 Å². The minimum absolute atomic E-state index is 0.230. The van der Waals surface area contributed by atoms with Gasteiger partial charge in [0, 0.05) is 6.04 Å². The number of anilines is 1. The number of hydrogen-bond donors (Lipinski definition) is 2. The van der Waals surface area contributed by atoms with Gasteiger partial charge in [0.15, 0.2) is 0 Å². The first-order valence-electron chi connectivity index (χ1n) is 9.92. The molecule has 7 heteroatoms. The number of unbranched alkanes of at least 4 members (excludes halogenated alkanes) is 4. The summed E-state index contributed by atoms with van der Waals surface area (Å²) in [6.45, 7) is 2.74. The summed E-state index contributed by atoms with van der Waals surface area (Å²) in [6.07, 6.45) is 6.79. The second-order valence-corrected chi connectivity index (χ2v) is 8.83. The smallest absolute Gasteiger partial charge is 0.234 e. The number of nitrogens with one attached hydrogen (secondary N) is 1. The van der Waals surface area contributed by atoms with E-state index in [0.717, 1.165) is 49.2 Å². The highest BCUT2D eigenvalue weighted by Crippen LogP contribution is 2.22. The predicted molar refractivity (Wildman–Crippen MR) is 110 cm³/mol. The number of benzene rings is 1. The number of sulfonamides is 1. The van der Waals surface area contributed by atoms with Crippen LogP contribution < -0.4 is 9.62 Å². The maximum atomic E-state index is 12.1. The molecule has 2 N–H and O–H groups in total. The lowest BCUT2D eigenvalue weighted by atomic mass is 10.1. The van der Waals surface area contributed by atoms with Gasteiger partial charge in [-0.2, -0.15) is 0 Å². The topological polar surface area (TPSA) is 69.6 Å². The molecule has 0 saturated heterocycles. The van der Waals surface area contributed by atoms with Crippen molar-refractivity contribution in [3.8, 4) is 0 Å². The number of rotatable bonds is 15. The Labute approximate surface area is 164 Å². The van der Waals surface area contributed by atoms with Gasteiger partial charge >= 0.3 is 0 Å². The van der Waals surface area contributed by atoms with Crippen LogP contribution in [0, 0.1) is 0 Å². The second kappa shape index (κ2) is 13.1. The fourth-order valence-corrected chi connectivity index (χ4v) is 4.19. The van der Waals surface area contributed by atoms with Gasteiger partial charge in [0.2, 0.25) is 10.0 Å². The summed E-state index contributed by atoms with van der Waals surface area (Å²) in [7, 11) is -3.57. The predicted octanol–water partition coefficient (Wildman–Crippen LogP) is 3.84. The molecule has 1 aromatic carbocycles. The molecule has 0 aromatic heterocycles. The summed E-state index contributed by atoms with van der Waals surface area (Å²) < 4.78 is 37.4. The largest absolute Gasteiger partial charge is 0.373 e. The Hall–Kier alpha value is -1.18. The minimum atomic E-state index is -3.57. The number of halogens is 1. The zero-order valence-corrected chi connectivity index (χ0v) is 17.4. The van der Waals surface area contributed by atoms with Gasteiger partial charge in [-0.25, -0.2) is 12.7 Å². The molecule has 0 radical (unpaired) electrons. The first-order valence-corrected chi connectivity index (χ1v) is 11.8. The lowest BCUT2D eigenvalue weighted by molar-refractivity contribution is 0.167. The number of alkyl halides is 1. The van der Waals surface area contributed by atoms with Gasteiger partial charge in [-0.3, -0.25) is 4.39 Å². The third kappa shape index (κ3) is 9.53. The molecule has 156 valence electrons. The number of nitrogens with zero attached hydrogens (tertiary/aromatic N) is 1. The lowest BCUT2D eigenvalue weighted by Crippen LogP contribution is -2.41. The number of para-hydroxylation sites is 1. The quantitative estimate of drug-likeness (QED) is 0.345. The monoisotopic (exact) mass is 402 g/mol. The molecule has 27 heavy (non-hydrogen) atoms. The van der Waals surface area contributed by atoms with Crippen LogP contribution in [0.2, 0.25) is 0 Å². The maximum absolute atomic E-state index is 12.1. The molecule has 2 atom stereocenters. The molecule has 2 unspecified atom stereocenters. The van der Waals surface area contributed by atoms with E-state index in [0.29, 0.717) is 24.9 Å². The molecule has 5 nitrogen and oxygen atoms in total. The molecule has 0 heterocycles. The van der Waals surface area contributed by atoms with Crippen molar-refractivity contribution in [1.29, 1.82) is 0 Å². The normalized spacial score (nSPS) is 14.1. The van der Waals surface area contributed by atoms with Crippen LogP contribution >= 0.6 is 0 Å². The van der Waals surface area contributed by atoms with Crippen molar-refractivity contribution in [2.24, 2.45) is 0 Å². The Bertz CT molecular complexity index is 599. The van der Waals surface area contributed by atoms with Crippen molar-refractivity contribution in [3.63, 3.8) is 0 Å². The fraction of sp³-hybridized carbons (Fsp3) is 0.700. The van der Waals surface area contributed by atoms with Crippen molar-refractivity contribution in [3.05, 3.63) is 30.3 Å². The van der Waals surface area contributed by atoms with Crippen molar-refractivity contribution < 1.29 is 17.9 Å². The summed E-state index contributed by atoms with van der Waals surface area (Å²) in [5, 5.41) is 14.0. The van der Waals surface area contributed by atoms with E-state index in [1.807, 2.05) is 6.07 Å². The molecule has 0 aliphatic carbocycles. The standard InChI is InChI=1S/C20H35FN2O3S/c1-3-18(22-17-11-6-4-5-10-16-21)14-15-20(24)23(27(2,25)26)19-12-8-7-9-13-19/h7-9,12-13,18,20,22,24H,3-6,10-11,14-17H2,1-2H3. The van der Waals surface area contributed by atoms with Crippen LogP contribution in [-0.4, -0.2) is 45.3 Å². The molecule has 0 amide bonds. The van der Waals surface area contributed by atoms with E-state index >= 15 is 0 Å². The van der Waals surface area contributed by atoms with Crippen molar-refractivity contribution in [2.45, 2.75) is 70.6 Å². The third-order valence-corrected chi connectivity index (χ3v) is 5.82. The van der Waals surface area contributed by atoms with Crippen molar-refractivity contribution >= 4 is 15.7 Å². The highest BCUT2D eigenvalue weighted by Gasteiger charge is 2.25. The summed E-state index contributed by atoms with van der Waals surface area (Å²) in [5.41, 5.74) is 0.474. The van der Waals surface area contributed by atoms with E-state index in [4.69, 9.17) is 0 Å². The highest BCUT2D eigenvalue weighted by molar-refractivity contribution is 7.92. The van der Waals surface area contributed by atoms with E-state index in [9.17, 15) is 17.9 Å². The molecule has 0 saturated carbocycles. The zero-order valence-electron chi connectivity index (χ0n) is 16.6. The summed E-state index contributed by atoms with van der Waals surface area (Å²) >= 11 is 0. The average Bonchev–Trinajstić information content (AvgIpc) is 2.63. The summed E-state index contributed by atoms with van der Waals surface area (Å²) in [5.74, 6) is 0. The molecule has 0 bridgehead atoms. The Morgan fingerprint density at radius 3 is 2.30 bits per heavy atom. The summed E-state index contributed by atoms with van der Waals surface area (Å²) in [4.78, 5) is 0. The lowest BCUT2D eigenvalue weighted by Gasteiger charge is -2.29. The van der Waals surface area contributed by atoms with E-state index in [1.54, 1.807) is 24.3 Å². The molecule has 1 rings (SSSR count). The molecule has 0 fully saturated rings. The van der Waals surface area contributed by atoms with Crippen molar-refractivity contribution in [2.75, 3.05) is 23.8 Å². The van der Waals surface area contributed by atoms with E-state index in [1.165, 1.54) is 0 Å². The van der Waals surface area contributed by atoms with E-state index in [2.05, 4.69) is 12.2 Å². The average molecular weight is 403 g/mol. The van der Waals surface area contributed by atoms with E-state index in [-0.39, 0.29) is 12.7 Å².